The number of carbonyl (C=O) groups is 1. The normalized spacial score (nSPS) is 22.6. The minimum absolute atomic E-state index is 0.0947. The number of piperidine rings is 1. The Morgan fingerprint density at radius 1 is 1.50 bits per heavy atom. The number of hydrogen-bond acceptors (Lipinski definition) is 2. The number of anilines is 1. The molecule has 1 amide bonds. The van der Waals surface area contributed by atoms with E-state index in [1.54, 1.807) is 0 Å². The van der Waals surface area contributed by atoms with Gasteiger partial charge in [-0.15, -0.1) is 0 Å². The summed E-state index contributed by atoms with van der Waals surface area (Å²) in [6, 6.07) is 5.72. The van der Waals surface area contributed by atoms with E-state index in [0.717, 1.165) is 44.3 Å². The van der Waals surface area contributed by atoms with Gasteiger partial charge in [-0.1, -0.05) is 31.0 Å². The zero-order chi connectivity index (χ0) is 14.6. The molecule has 1 heterocycles. The van der Waals surface area contributed by atoms with Crippen molar-refractivity contribution in [3.05, 3.63) is 28.8 Å². The molecule has 0 bridgehead atoms. The summed E-state index contributed by atoms with van der Waals surface area (Å²) < 4.78 is 0. The van der Waals surface area contributed by atoms with Crippen LogP contribution in [0.2, 0.25) is 5.02 Å². The van der Waals surface area contributed by atoms with Crippen molar-refractivity contribution >= 4 is 23.2 Å². The molecule has 110 valence electrons. The maximum atomic E-state index is 12.7. The number of benzene rings is 1. The quantitative estimate of drug-likeness (QED) is 0.888. The molecule has 0 aromatic heterocycles. The molecule has 1 aromatic carbocycles. The highest BCUT2D eigenvalue weighted by atomic mass is 35.5. The third-order valence-corrected chi connectivity index (χ3v) is 4.37. The van der Waals surface area contributed by atoms with Crippen molar-refractivity contribution in [3.63, 3.8) is 0 Å². The van der Waals surface area contributed by atoms with Crippen molar-refractivity contribution < 1.29 is 4.79 Å². The van der Waals surface area contributed by atoms with Crippen LogP contribution in [0.4, 0.5) is 5.69 Å². The van der Waals surface area contributed by atoms with Crippen molar-refractivity contribution in [2.45, 2.75) is 39.5 Å². The molecule has 1 atom stereocenters. The lowest BCUT2D eigenvalue weighted by molar-refractivity contribution is -0.127. The summed E-state index contributed by atoms with van der Waals surface area (Å²) in [7, 11) is 0. The number of hydrogen-bond donors (Lipinski definition) is 2. The van der Waals surface area contributed by atoms with Crippen molar-refractivity contribution in [2.75, 3.05) is 18.4 Å². The Hall–Kier alpha value is -1.06. The predicted molar refractivity (Wildman–Crippen MR) is 84.3 cm³/mol. The summed E-state index contributed by atoms with van der Waals surface area (Å²) in [5.74, 6) is 0.0947. The van der Waals surface area contributed by atoms with Gasteiger partial charge in [-0.05, 0) is 50.4 Å². The number of carbonyl (C=O) groups excluding carboxylic acids is 1. The molecule has 0 spiro atoms. The van der Waals surface area contributed by atoms with Crippen LogP contribution >= 0.6 is 11.6 Å². The molecule has 0 saturated carbocycles. The number of rotatable bonds is 4. The molecule has 1 aliphatic heterocycles. The van der Waals surface area contributed by atoms with Crippen LogP contribution in [0, 0.1) is 12.3 Å². The molecule has 1 saturated heterocycles. The summed E-state index contributed by atoms with van der Waals surface area (Å²) in [5, 5.41) is 6.98. The van der Waals surface area contributed by atoms with Crippen LogP contribution in [0.15, 0.2) is 18.2 Å². The Bertz CT molecular complexity index is 476. The zero-order valence-electron chi connectivity index (χ0n) is 12.3. The second-order valence-corrected chi connectivity index (χ2v) is 6.16. The van der Waals surface area contributed by atoms with E-state index in [2.05, 4.69) is 17.6 Å². The van der Waals surface area contributed by atoms with Crippen LogP contribution in [0.3, 0.4) is 0 Å². The van der Waals surface area contributed by atoms with Gasteiger partial charge in [-0.25, -0.2) is 0 Å². The highest BCUT2D eigenvalue weighted by Crippen LogP contribution is 2.34. The maximum Gasteiger partial charge on any atom is 0.231 e. The van der Waals surface area contributed by atoms with Gasteiger partial charge in [0.15, 0.2) is 0 Å². The molecule has 1 aliphatic rings. The van der Waals surface area contributed by atoms with E-state index < -0.39 is 0 Å². The van der Waals surface area contributed by atoms with Gasteiger partial charge in [0.1, 0.15) is 0 Å². The molecule has 20 heavy (non-hydrogen) atoms. The molecule has 0 radical (unpaired) electrons. The molecule has 2 rings (SSSR count). The van der Waals surface area contributed by atoms with Gasteiger partial charge in [-0.2, -0.15) is 0 Å². The average molecular weight is 295 g/mol. The Balaban J connectivity index is 2.15. The molecule has 1 unspecified atom stereocenters. The van der Waals surface area contributed by atoms with Crippen molar-refractivity contribution in [2.24, 2.45) is 5.41 Å². The molecule has 2 N–H and O–H groups in total. The fraction of sp³-hybridized carbons (Fsp3) is 0.562. The third-order valence-electron chi connectivity index (χ3n) is 4.06. The summed E-state index contributed by atoms with van der Waals surface area (Å²) in [4.78, 5) is 12.7. The average Bonchev–Trinajstić information content (AvgIpc) is 2.43. The Kier molecular flexibility index (Phi) is 5.06. The first kappa shape index (κ1) is 15.3. The van der Waals surface area contributed by atoms with Crippen LogP contribution in [0.5, 0.6) is 0 Å². The lowest BCUT2D eigenvalue weighted by Crippen LogP contribution is -2.48. The van der Waals surface area contributed by atoms with Crippen molar-refractivity contribution in [1.29, 1.82) is 0 Å². The van der Waals surface area contributed by atoms with E-state index in [1.165, 1.54) is 0 Å². The minimum Gasteiger partial charge on any atom is -0.324 e. The minimum atomic E-state index is -0.290. The summed E-state index contributed by atoms with van der Waals surface area (Å²) in [5.41, 5.74) is 1.51. The second-order valence-electron chi connectivity index (χ2n) is 5.75. The number of aryl methyl sites for hydroxylation is 1. The molecular formula is C16H23ClN2O. The van der Waals surface area contributed by atoms with E-state index in [-0.39, 0.29) is 11.3 Å². The Morgan fingerprint density at radius 2 is 2.30 bits per heavy atom. The largest absolute Gasteiger partial charge is 0.324 e. The summed E-state index contributed by atoms with van der Waals surface area (Å²) >= 11 is 6.20. The standard InChI is InChI=1S/C16H23ClN2O/c1-3-7-16(8-4-9-18-11-16)15(20)19-14-6-5-12(2)10-13(14)17/h5-6,10,18H,3-4,7-9,11H2,1-2H3,(H,19,20). The lowest BCUT2D eigenvalue weighted by atomic mass is 9.76. The SMILES string of the molecule is CCCC1(C(=O)Nc2ccc(C)cc2Cl)CCCNC1. The fourth-order valence-corrected chi connectivity index (χ4v) is 3.23. The van der Waals surface area contributed by atoms with Gasteiger partial charge < -0.3 is 10.6 Å². The number of halogens is 1. The highest BCUT2D eigenvalue weighted by Gasteiger charge is 2.38. The second kappa shape index (κ2) is 6.59. The van der Waals surface area contributed by atoms with Crippen LogP contribution in [-0.4, -0.2) is 19.0 Å². The Morgan fingerprint density at radius 3 is 2.90 bits per heavy atom. The van der Waals surface area contributed by atoms with E-state index in [0.29, 0.717) is 10.7 Å². The van der Waals surface area contributed by atoms with Gasteiger partial charge in [0, 0.05) is 6.54 Å². The van der Waals surface area contributed by atoms with Gasteiger partial charge in [0.2, 0.25) is 5.91 Å². The Labute approximate surface area is 126 Å². The van der Waals surface area contributed by atoms with Crippen molar-refractivity contribution in [1.82, 2.24) is 5.32 Å². The van der Waals surface area contributed by atoms with E-state index in [9.17, 15) is 4.79 Å². The van der Waals surface area contributed by atoms with Crippen LogP contribution < -0.4 is 10.6 Å². The summed E-state index contributed by atoms with van der Waals surface area (Å²) in [6.45, 7) is 5.88. The number of nitrogens with one attached hydrogen (secondary N) is 2. The first-order valence-corrected chi connectivity index (χ1v) is 7.73. The van der Waals surface area contributed by atoms with E-state index in [1.807, 2.05) is 25.1 Å². The highest BCUT2D eigenvalue weighted by molar-refractivity contribution is 6.33. The molecular weight excluding hydrogens is 272 g/mol. The predicted octanol–water partition coefficient (Wildman–Crippen LogP) is 3.76. The zero-order valence-corrected chi connectivity index (χ0v) is 13.0. The van der Waals surface area contributed by atoms with Crippen LogP contribution in [0.1, 0.15) is 38.2 Å². The number of amides is 1. The molecule has 0 aliphatic carbocycles. The van der Waals surface area contributed by atoms with Crippen molar-refractivity contribution in [3.8, 4) is 0 Å². The third kappa shape index (κ3) is 3.33. The van der Waals surface area contributed by atoms with Crippen LogP contribution in [0.25, 0.3) is 0 Å². The van der Waals surface area contributed by atoms with Gasteiger partial charge in [-0.3, -0.25) is 4.79 Å². The lowest BCUT2D eigenvalue weighted by Gasteiger charge is -2.36. The maximum absolute atomic E-state index is 12.7. The van der Waals surface area contributed by atoms with Crippen LogP contribution in [-0.2, 0) is 4.79 Å². The monoisotopic (exact) mass is 294 g/mol. The molecule has 1 fully saturated rings. The molecule has 4 heteroatoms. The molecule has 3 nitrogen and oxygen atoms in total. The van der Waals surface area contributed by atoms with E-state index in [4.69, 9.17) is 11.6 Å². The van der Waals surface area contributed by atoms with Gasteiger partial charge in [0.05, 0.1) is 16.1 Å². The smallest absolute Gasteiger partial charge is 0.231 e. The van der Waals surface area contributed by atoms with E-state index >= 15 is 0 Å². The topological polar surface area (TPSA) is 41.1 Å². The fourth-order valence-electron chi connectivity index (χ4n) is 2.94. The summed E-state index contributed by atoms with van der Waals surface area (Å²) in [6.07, 6.45) is 3.92. The first-order valence-electron chi connectivity index (χ1n) is 7.36. The van der Waals surface area contributed by atoms with Gasteiger partial charge >= 0.3 is 0 Å². The van der Waals surface area contributed by atoms with Gasteiger partial charge in [0.25, 0.3) is 0 Å². The molecule has 1 aromatic rings. The first-order chi connectivity index (χ1) is 9.57.